The first-order valence-corrected chi connectivity index (χ1v) is 13.1. The minimum atomic E-state index is -3.60. The maximum absolute atomic E-state index is 12.8. The summed E-state index contributed by atoms with van der Waals surface area (Å²) in [4.78, 5) is 26.2. The van der Waals surface area contributed by atoms with E-state index in [0.29, 0.717) is 18.6 Å². The molecule has 1 N–H and O–H groups in total. The summed E-state index contributed by atoms with van der Waals surface area (Å²) < 4.78 is 33.7. The molecule has 172 valence electrons. The van der Waals surface area contributed by atoms with E-state index in [1.807, 2.05) is 31.4 Å². The lowest BCUT2D eigenvalue weighted by atomic mass is 10.0. The fourth-order valence-electron chi connectivity index (χ4n) is 3.99. The highest BCUT2D eigenvalue weighted by Crippen LogP contribution is 2.26. The lowest BCUT2D eigenvalue weighted by molar-refractivity contribution is -0.122. The highest BCUT2D eigenvalue weighted by molar-refractivity contribution is 7.89. The van der Waals surface area contributed by atoms with E-state index in [0.717, 1.165) is 17.7 Å². The molecule has 1 atom stereocenters. The summed E-state index contributed by atoms with van der Waals surface area (Å²) in [5.74, 6) is -0.542. The van der Waals surface area contributed by atoms with Crippen LogP contribution in [-0.2, 0) is 21.4 Å². The van der Waals surface area contributed by atoms with Crippen LogP contribution >= 0.6 is 11.3 Å². The molecule has 8 nitrogen and oxygen atoms in total. The minimum Gasteiger partial charge on any atom is -0.408 e. The van der Waals surface area contributed by atoms with Gasteiger partial charge in [-0.25, -0.2) is 13.2 Å². The zero-order chi connectivity index (χ0) is 22.9. The largest absolute Gasteiger partial charge is 0.419 e. The van der Waals surface area contributed by atoms with Crippen molar-refractivity contribution in [3.8, 4) is 0 Å². The number of benzene rings is 1. The molecule has 0 radical (unpaired) electrons. The minimum absolute atomic E-state index is 0.0846. The standard InChI is InChI=1S/C22H27N3O5S2/c1-15(2)21(19-6-5-13-31-19)23-20(26)9-12-25-17-8-7-16(14-18(17)30-22(25)27)32(28,29)24-10-3-4-11-24/h5-8,13-15,21H,3-4,9-12H2,1-2H3,(H,23,26)/t21-/m1/s1. The van der Waals surface area contributed by atoms with Crippen molar-refractivity contribution in [1.29, 1.82) is 0 Å². The number of fused-ring (bicyclic) bond motifs is 1. The van der Waals surface area contributed by atoms with Crippen molar-refractivity contribution in [1.82, 2.24) is 14.2 Å². The zero-order valence-corrected chi connectivity index (χ0v) is 19.7. The number of rotatable bonds is 8. The summed E-state index contributed by atoms with van der Waals surface area (Å²) in [7, 11) is -3.60. The third-order valence-electron chi connectivity index (χ3n) is 5.74. The Balaban J connectivity index is 1.49. The summed E-state index contributed by atoms with van der Waals surface area (Å²) in [6.07, 6.45) is 1.80. The molecule has 32 heavy (non-hydrogen) atoms. The number of aryl methyl sites for hydroxylation is 1. The van der Waals surface area contributed by atoms with Gasteiger partial charge >= 0.3 is 5.76 Å². The van der Waals surface area contributed by atoms with Crippen LogP contribution in [-0.4, -0.2) is 36.3 Å². The Morgan fingerprint density at radius 1 is 1.22 bits per heavy atom. The maximum Gasteiger partial charge on any atom is 0.419 e. The van der Waals surface area contributed by atoms with E-state index in [1.165, 1.54) is 21.0 Å². The summed E-state index contributed by atoms with van der Waals surface area (Å²) in [6, 6.07) is 8.33. The van der Waals surface area contributed by atoms with Gasteiger partial charge in [-0.1, -0.05) is 19.9 Å². The van der Waals surface area contributed by atoms with Crippen molar-refractivity contribution in [2.75, 3.05) is 13.1 Å². The van der Waals surface area contributed by atoms with Gasteiger partial charge < -0.3 is 9.73 Å². The average molecular weight is 478 g/mol. The number of nitrogens with one attached hydrogen (secondary N) is 1. The van der Waals surface area contributed by atoms with E-state index >= 15 is 0 Å². The molecule has 0 aliphatic carbocycles. The second-order valence-electron chi connectivity index (χ2n) is 8.31. The topological polar surface area (TPSA) is 102 Å². The van der Waals surface area contributed by atoms with E-state index < -0.39 is 15.8 Å². The highest BCUT2D eigenvalue weighted by atomic mass is 32.2. The van der Waals surface area contributed by atoms with Crippen LogP contribution in [0.5, 0.6) is 0 Å². The number of aromatic nitrogens is 1. The van der Waals surface area contributed by atoms with E-state index in [9.17, 15) is 18.0 Å². The Labute approximate surface area is 190 Å². The van der Waals surface area contributed by atoms with E-state index in [1.54, 1.807) is 17.4 Å². The molecular formula is C22H27N3O5S2. The molecule has 1 aliphatic rings. The van der Waals surface area contributed by atoms with Gasteiger partial charge in [-0.15, -0.1) is 11.3 Å². The molecule has 3 aromatic rings. The Hall–Kier alpha value is -2.43. The van der Waals surface area contributed by atoms with Crippen LogP contribution in [0, 0.1) is 5.92 Å². The number of hydrogen-bond donors (Lipinski definition) is 1. The zero-order valence-electron chi connectivity index (χ0n) is 18.1. The lowest BCUT2D eigenvalue weighted by Gasteiger charge is -2.21. The van der Waals surface area contributed by atoms with Crippen LogP contribution in [0.15, 0.2) is 49.8 Å². The number of sulfonamides is 1. The van der Waals surface area contributed by atoms with E-state index in [4.69, 9.17) is 4.42 Å². The smallest absolute Gasteiger partial charge is 0.408 e. The molecule has 1 aliphatic heterocycles. The van der Waals surface area contributed by atoms with E-state index in [2.05, 4.69) is 5.32 Å². The van der Waals surface area contributed by atoms with E-state index in [-0.39, 0.29) is 41.3 Å². The third kappa shape index (κ3) is 4.53. The summed E-state index contributed by atoms with van der Waals surface area (Å²) in [5, 5.41) is 5.03. The van der Waals surface area contributed by atoms with Crippen LogP contribution < -0.4 is 11.1 Å². The number of carbonyl (C=O) groups is 1. The molecule has 1 aromatic carbocycles. The molecule has 0 spiro atoms. The highest BCUT2D eigenvalue weighted by Gasteiger charge is 2.28. The fourth-order valence-corrected chi connectivity index (χ4v) is 6.47. The number of oxazole rings is 1. The Morgan fingerprint density at radius 2 is 1.97 bits per heavy atom. The number of carbonyl (C=O) groups excluding carboxylic acids is 1. The molecule has 1 amide bonds. The van der Waals surface area contributed by atoms with Crippen molar-refractivity contribution >= 4 is 38.4 Å². The molecule has 1 saturated heterocycles. The van der Waals surface area contributed by atoms with Gasteiger partial charge in [-0.05, 0) is 42.3 Å². The summed E-state index contributed by atoms with van der Waals surface area (Å²) >= 11 is 1.60. The number of hydrogen-bond acceptors (Lipinski definition) is 6. The van der Waals surface area contributed by atoms with Crippen molar-refractivity contribution in [3.05, 3.63) is 51.1 Å². The molecule has 3 heterocycles. The first kappa shape index (κ1) is 22.8. The van der Waals surface area contributed by atoms with Crippen molar-refractivity contribution < 1.29 is 17.6 Å². The maximum atomic E-state index is 12.8. The molecular weight excluding hydrogens is 450 g/mol. The molecule has 2 aromatic heterocycles. The van der Waals surface area contributed by atoms with Crippen LogP contribution in [0.1, 0.15) is 44.0 Å². The third-order valence-corrected chi connectivity index (χ3v) is 8.59. The second-order valence-corrected chi connectivity index (χ2v) is 11.2. The molecule has 0 unspecified atom stereocenters. The number of thiophene rings is 1. The van der Waals surface area contributed by atoms with Gasteiger partial charge in [0, 0.05) is 37.0 Å². The van der Waals surface area contributed by atoms with Crippen LogP contribution in [0.3, 0.4) is 0 Å². The number of amides is 1. The molecule has 0 bridgehead atoms. The first-order valence-electron chi connectivity index (χ1n) is 10.7. The SMILES string of the molecule is CC(C)[C@@H](NC(=O)CCn1c(=O)oc2cc(S(=O)(=O)N3CCCC3)ccc21)c1cccs1. The molecule has 10 heteroatoms. The van der Waals surface area contributed by atoms with Crippen LogP contribution in [0.4, 0.5) is 0 Å². The quantitative estimate of drug-likeness (QED) is 0.536. The summed E-state index contributed by atoms with van der Waals surface area (Å²) in [6.45, 7) is 5.25. The van der Waals surface area contributed by atoms with Gasteiger partial charge in [0.25, 0.3) is 0 Å². The van der Waals surface area contributed by atoms with Crippen molar-refractivity contribution in [2.24, 2.45) is 5.92 Å². The van der Waals surface area contributed by atoms with Crippen LogP contribution in [0.25, 0.3) is 11.1 Å². The average Bonchev–Trinajstić information content (AvgIpc) is 3.51. The normalized spacial score (nSPS) is 16.1. The van der Waals surface area contributed by atoms with Crippen molar-refractivity contribution in [2.45, 2.75) is 50.6 Å². The van der Waals surface area contributed by atoms with Gasteiger partial charge in [0.15, 0.2) is 5.58 Å². The van der Waals surface area contributed by atoms with Gasteiger partial charge in [-0.2, -0.15) is 4.31 Å². The second kappa shape index (κ2) is 9.21. The molecule has 0 saturated carbocycles. The van der Waals surface area contributed by atoms with Gasteiger partial charge in [0.1, 0.15) is 0 Å². The Morgan fingerprint density at radius 3 is 2.62 bits per heavy atom. The summed E-state index contributed by atoms with van der Waals surface area (Å²) in [5.41, 5.74) is 0.677. The molecule has 4 rings (SSSR count). The van der Waals surface area contributed by atoms with Crippen LogP contribution in [0.2, 0.25) is 0 Å². The van der Waals surface area contributed by atoms with Crippen molar-refractivity contribution in [3.63, 3.8) is 0 Å². The Kier molecular flexibility index (Phi) is 6.55. The van der Waals surface area contributed by atoms with Gasteiger partial charge in [0.05, 0.1) is 16.5 Å². The lowest BCUT2D eigenvalue weighted by Crippen LogP contribution is -2.32. The predicted molar refractivity (Wildman–Crippen MR) is 123 cm³/mol. The predicted octanol–water partition coefficient (Wildman–Crippen LogP) is 3.34. The fraction of sp³-hybridized carbons (Fsp3) is 0.455. The van der Waals surface area contributed by atoms with Gasteiger partial charge in [0.2, 0.25) is 15.9 Å². The Bertz CT molecular complexity index is 1250. The number of nitrogens with zero attached hydrogens (tertiary/aromatic N) is 2. The first-order chi connectivity index (χ1) is 15.3. The molecule has 1 fully saturated rings. The van der Waals surface area contributed by atoms with Gasteiger partial charge in [-0.3, -0.25) is 9.36 Å². The monoisotopic (exact) mass is 477 g/mol.